The number of carbonyl (C=O) groups is 1. The van der Waals surface area contributed by atoms with Gasteiger partial charge in [0.05, 0.1) is 0 Å². The normalized spacial score (nSPS) is 20.0. The first kappa shape index (κ1) is 14.6. The highest BCUT2D eigenvalue weighted by atomic mass is 16.1. The number of likely N-dealkylation sites (tertiary alicyclic amines) is 1. The summed E-state index contributed by atoms with van der Waals surface area (Å²) in [6, 6.07) is 16.8. The van der Waals surface area contributed by atoms with Crippen molar-refractivity contribution in [3.63, 3.8) is 0 Å². The first-order valence-electron chi connectivity index (χ1n) is 8.58. The van der Waals surface area contributed by atoms with Gasteiger partial charge in [0.15, 0.2) is 5.78 Å². The topological polar surface area (TPSA) is 20.3 Å². The zero-order valence-electron chi connectivity index (χ0n) is 13.7. The van der Waals surface area contributed by atoms with Crippen LogP contribution < -0.4 is 0 Å². The quantitative estimate of drug-likeness (QED) is 0.835. The van der Waals surface area contributed by atoms with Gasteiger partial charge in [-0.3, -0.25) is 9.69 Å². The van der Waals surface area contributed by atoms with Gasteiger partial charge in [0.1, 0.15) is 0 Å². The molecule has 1 aliphatic carbocycles. The van der Waals surface area contributed by atoms with E-state index in [1.807, 2.05) is 12.1 Å². The average molecular weight is 305 g/mol. The van der Waals surface area contributed by atoms with Gasteiger partial charge >= 0.3 is 0 Å². The number of hydrogen-bond acceptors (Lipinski definition) is 2. The van der Waals surface area contributed by atoms with Crippen molar-refractivity contribution in [1.82, 2.24) is 4.90 Å². The Morgan fingerprint density at radius 3 is 2.43 bits per heavy atom. The molecule has 2 aromatic carbocycles. The summed E-state index contributed by atoms with van der Waals surface area (Å²) >= 11 is 0. The van der Waals surface area contributed by atoms with E-state index in [-0.39, 0.29) is 5.41 Å². The van der Waals surface area contributed by atoms with E-state index in [9.17, 15) is 4.79 Å². The minimum atomic E-state index is -0.123. The lowest BCUT2D eigenvalue weighted by Crippen LogP contribution is -2.42. The third-order valence-electron chi connectivity index (χ3n) is 5.71. The van der Waals surface area contributed by atoms with Crippen LogP contribution in [-0.4, -0.2) is 23.8 Å². The molecule has 0 saturated carbocycles. The molecule has 0 aromatic heterocycles. The van der Waals surface area contributed by atoms with E-state index in [4.69, 9.17) is 0 Å². The van der Waals surface area contributed by atoms with Gasteiger partial charge in [-0.15, -0.1) is 0 Å². The molecule has 2 aliphatic rings. The van der Waals surface area contributed by atoms with Gasteiger partial charge in [0.2, 0.25) is 0 Å². The van der Waals surface area contributed by atoms with Gasteiger partial charge in [0.25, 0.3) is 0 Å². The second-order valence-electron chi connectivity index (χ2n) is 7.15. The van der Waals surface area contributed by atoms with E-state index in [1.165, 1.54) is 16.7 Å². The van der Waals surface area contributed by atoms with Gasteiger partial charge in [-0.25, -0.2) is 0 Å². The fraction of sp³-hybridized carbons (Fsp3) is 0.381. The maximum Gasteiger partial charge on any atom is 0.169 e. The number of ketones is 1. The summed E-state index contributed by atoms with van der Waals surface area (Å²) in [5, 5.41) is 0. The van der Waals surface area contributed by atoms with Gasteiger partial charge in [0, 0.05) is 17.5 Å². The van der Waals surface area contributed by atoms with Crippen LogP contribution in [0.1, 0.15) is 39.9 Å². The number of carbonyl (C=O) groups excluding carboxylic acids is 1. The lowest BCUT2D eigenvalue weighted by atomic mass is 9.75. The molecule has 2 heteroatoms. The average Bonchev–Trinajstić information content (AvgIpc) is 2.85. The van der Waals surface area contributed by atoms with Crippen molar-refractivity contribution >= 4 is 5.78 Å². The molecule has 1 aliphatic heterocycles. The zero-order valence-corrected chi connectivity index (χ0v) is 13.7. The first-order valence-corrected chi connectivity index (χ1v) is 8.58. The summed E-state index contributed by atoms with van der Waals surface area (Å²) in [7, 11) is 0. The molecule has 0 unspecified atom stereocenters. The zero-order chi connectivity index (χ0) is 15.9. The molecular formula is C21H23NO. The number of fused-ring (bicyclic) bond motifs is 1. The van der Waals surface area contributed by atoms with Crippen molar-refractivity contribution in [2.75, 3.05) is 13.1 Å². The fourth-order valence-electron chi connectivity index (χ4n) is 4.24. The molecular weight excluding hydrogens is 282 g/mol. The summed E-state index contributed by atoms with van der Waals surface area (Å²) < 4.78 is 0. The molecule has 1 fully saturated rings. The SMILES string of the molecule is Cc1cccc2c1CC1(CCN(Cc3ccccc3)CC1)C2=O. The van der Waals surface area contributed by atoms with Crippen molar-refractivity contribution in [3.05, 3.63) is 70.8 Å². The number of Topliss-reactive ketones (excluding diaryl/α,β-unsaturated/α-hetero) is 1. The minimum Gasteiger partial charge on any atom is -0.299 e. The van der Waals surface area contributed by atoms with E-state index in [2.05, 4.69) is 48.2 Å². The number of piperidine rings is 1. The molecule has 0 bridgehead atoms. The maximum atomic E-state index is 13.0. The largest absolute Gasteiger partial charge is 0.299 e. The van der Waals surface area contributed by atoms with Crippen molar-refractivity contribution < 1.29 is 4.79 Å². The first-order chi connectivity index (χ1) is 11.2. The van der Waals surface area contributed by atoms with Crippen LogP contribution in [0.25, 0.3) is 0 Å². The predicted molar refractivity (Wildman–Crippen MR) is 92.6 cm³/mol. The van der Waals surface area contributed by atoms with Crippen molar-refractivity contribution in [1.29, 1.82) is 0 Å². The Labute approximate surface area is 138 Å². The lowest BCUT2D eigenvalue weighted by Gasteiger charge is -2.38. The molecule has 0 N–H and O–H groups in total. The highest BCUT2D eigenvalue weighted by molar-refractivity contribution is 6.05. The molecule has 0 radical (unpaired) electrons. The van der Waals surface area contributed by atoms with E-state index in [0.717, 1.165) is 44.5 Å². The highest BCUT2D eigenvalue weighted by Gasteiger charge is 2.47. The van der Waals surface area contributed by atoms with Crippen LogP contribution in [0.15, 0.2) is 48.5 Å². The molecule has 118 valence electrons. The molecule has 23 heavy (non-hydrogen) atoms. The van der Waals surface area contributed by atoms with E-state index < -0.39 is 0 Å². The van der Waals surface area contributed by atoms with Crippen LogP contribution in [0.5, 0.6) is 0 Å². The fourth-order valence-corrected chi connectivity index (χ4v) is 4.24. The van der Waals surface area contributed by atoms with E-state index in [0.29, 0.717) is 5.78 Å². The third-order valence-corrected chi connectivity index (χ3v) is 5.71. The summed E-state index contributed by atoms with van der Waals surface area (Å²) in [5.74, 6) is 0.399. The molecule has 2 aromatic rings. The molecule has 0 atom stereocenters. The summed E-state index contributed by atoms with van der Waals surface area (Å²) in [6.07, 6.45) is 2.94. The van der Waals surface area contributed by atoms with Crippen LogP contribution in [-0.2, 0) is 13.0 Å². The Morgan fingerprint density at radius 2 is 1.74 bits per heavy atom. The Bertz CT molecular complexity index is 727. The van der Waals surface area contributed by atoms with E-state index in [1.54, 1.807) is 0 Å². The number of nitrogens with zero attached hydrogens (tertiary/aromatic N) is 1. The second-order valence-corrected chi connectivity index (χ2v) is 7.15. The summed E-state index contributed by atoms with van der Waals surface area (Å²) in [4.78, 5) is 15.5. The summed E-state index contributed by atoms with van der Waals surface area (Å²) in [5.41, 5.74) is 4.80. The standard InChI is InChI=1S/C21H23NO/c1-16-6-5-9-18-19(16)14-21(20(18)23)10-12-22(13-11-21)15-17-7-3-2-4-8-17/h2-9H,10-15H2,1H3. The Morgan fingerprint density at radius 1 is 1.00 bits per heavy atom. The monoisotopic (exact) mass is 305 g/mol. The van der Waals surface area contributed by atoms with Crippen molar-refractivity contribution in [2.24, 2.45) is 5.41 Å². The van der Waals surface area contributed by atoms with E-state index >= 15 is 0 Å². The number of rotatable bonds is 2. The van der Waals surface area contributed by atoms with Crippen LogP contribution in [0.3, 0.4) is 0 Å². The Kier molecular flexibility index (Phi) is 3.57. The molecule has 1 saturated heterocycles. The number of aryl methyl sites for hydroxylation is 1. The maximum absolute atomic E-state index is 13.0. The molecule has 1 spiro atoms. The lowest BCUT2D eigenvalue weighted by molar-refractivity contribution is 0.0623. The highest BCUT2D eigenvalue weighted by Crippen LogP contribution is 2.45. The third kappa shape index (κ3) is 2.51. The Balaban J connectivity index is 1.48. The summed E-state index contributed by atoms with van der Waals surface area (Å²) in [6.45, 7) is 5.17. The van der Waals surface area contributed by atoms with Crippen LogP contribution in [0.4, 0.5) is 0 Å². The predicted octanol–water partition coefficient (Wildman–Crippen LogP) is 4.02. The van der Waals surface area contributed by atoms with Gasteiger partial charge in [-0.1, -0.05) is 48.5 Å². The van der Waals surface area contributed by atoms with Crippen molar-refractivity contribution in [2.45, 2.75) is 32.7 Å². The van der Waals surface area contributed by atoms with Crippen molar-refractivity contribution in [3.8, 4) is 0 Å². The van der Waals surface area contributed by atoms with Gasteiger partial charge < -0.3 is 0 Å². The number of benzene rings is 2. The smallest absolute Gasteiger partial charge is 0.169 e. The van der Waals surface area contributed by atoms with Crippen LogP contribution in [0, 0.1) is 12.3 Å². The minimum absolute atomic E-state index is 0.123. The number of hydrogen-bond donors (Lipinski definition) is 0. The van der Waals surface area contributed by atoms with Gasteiger partial charge in [-0.2, -0.15) is 0 Å². The van der Waals surface area contributed by atoms with Crippen LogP contribution in [0.2, 0.25) is 0 Å². The van der Waals surface area contributed by atoms with Crippen LogP contribution >= 0.6 is 0 Å². The van der Waals surface area contributed by atoms with Gasteiger partial charge in [-0.05, 0) is 56.0 Å². The molecule has 4 rings (SSSR count). The molecule has 1 heterocycles. The Hall–Kier alpha value is -1.93. The molecule has 0 amide bonds. The second kappa shape index (κ2) is 5.61. The molecule has 2 nitrogen and oxygen atoms in total.